The molecule has 0 saturated carbocycles. The molecule has 3 aromatic carbocycles. The van der Waals surface area contributed by atoms with Gasteiger partial charge in [-0.25, -0.2) is 4.39 Å². The summed E-state index contributed by atoms with van der Waals surface area (Å²) in [5, 5.41) is 0. The van der Waals surface area contributed by atoms with E-state index in [4.69, 9.17) is 0 Å². The number of benzene rings is 3. The Balaban J connectivity index is 1.78. The summed E-state index contributed by atoms with van der Waals surface area (Å²) >= 11 is 0. The first-order chi connectivity index (χ1) is 12.6. The Kier molecular flexibility index (Phi) is 4.09. The lowest BCUT2D eigenvalue weighted by molar-refractivity contribution is 0.100. The second-order valence-electron chi connectivity index (χ2n) is 6.33. The van der Waals surface area contributed by atoms with Crippen LogP contribution in [0, 0.1) is 12.7 Å². The minimum atomic E-state index is -0.380. The molecule has 0 saturated heterocycles. The highest BCUT2D eigenvalue weighted by Gasteiger charge is 2.27. The van der Waals surface area contributed by atoms with Gasteiger partial charge in [-0.05, 0) is 54.4 Å². The molecule has 0 spiro atoms. The summed E-state index contributed by atoms with van der Waals surface area (Å²) in [6.45, 7) is 2.70. The Morgan fingerprint density at radius 1 is 1.00 bits per heavy atom. The number of amides is 1. The maximum Gasteiger partial charge on any atom is 0.278 e. The second-order valence-corrected chi connectivity index (χ2v) is 6.33. The van der Waals surface area contributed by atoms with Crippen molar-refractivity contribution >= 4 is 17.4 Å². The number of nitrogens with zero attached hydrogens (tertiary/aromatic N) is 2. The van der Waals surface area contributed by atoms with Gasteiger partial charge < -0.3 is 4.90 Å². The van der Waals surface area contributed by atoms with Crippen LogP contribution in [0.4, 0.5) is 10.1 Å². The number of halogens is 1. The number of aliphatic imine (C=N–C) groups is 1. The first kappa shape index (κ1) is 16.2. The molecule has 0 radical (unpaired) electrons. The second kappa shape index (κ2) is 6.56. The maximum absolute atomic E-state index is 13.1. The van der Waals surface area contributed by atoms with E-state index in [2.05, 4.69) is 11.1 Å². The van der Waals surface area contributed by atoms with Crippen LogP contribution in [0.15, 0.2) is 77.8 Å². The highest BCUT2D eigenvalue weighted by atomic mass is 19.1. The standard InChI is InChI=1S/C22H17FN2O/c1-15-5-4-7-19(13-15)25-14-17-6-2-3-8-20(17)21(25)24-22(26)16-9-11-18(23)12-10-16/h2-13H,14H2,1H3. The number of carbonyl (C=O) groups is 1. The van der Waals surface area contributed by atoms with Crippen LogP contribution in [0.3, 0.4) is 0 Å². The summed E-state index contributed by atoms with van der Waals surface area (Å²) in [5.74, 6) is -0.128. The smallest absolute Gasteiger partial charge is 0.278 e. The first-order valence-electron chi connectivity index (χ1n) is 8.43. The third-order valence-electron chi connectivity index (χ3n) is 4.45. The quantitative estimate of drug-likeness (QED) is 0.672. The van der Waals surface area contributed by atoms with Crippen molar-refractivity contribution in [1.29, 1.82) is 0 Å². The Morgan fingerprint density at radius 3 is 2.54 bits per heavy atom. The van der Waals surface area contributed by atoms with Gasteiger partial charge in [0.25, 0.3) is 5.91 Å². The van der Waals surface area contributed by atoms with Crippen molar-refractivity contribution in [2.75, 3.05) is 4.90 Å². The number of carbonyl (C=O) groups excluding carboxylic acids is 1. The van der Waals surface area contributed by atoms with Crippen molar-refractivity contribution in [1.82, 2.24) is 0 Å². The van der Waals surface area contributed by atoms with Crippen LogP contribution in [-0.4, -0.2) is 11.7 Å². The van der Waals surface area contributed by atoms with Crippen LogP contribution in [0.2, 0.25) is 0 Å². The van der Waals surface area contributed by atoms with Crippen molar-refractivity contribution in [3.05, 3.63) is 101 Å². The lowest BCUT2D eigenvalue weighted by Gasteiger charge is -2.19. The van der Waals surface area contributed by atoms with Crippen molar-refractivity contribution in [2.45, 2.75) is 13.5 Å². The summed E-state index contributed by atoms with van der Waals surface area (Å²) in [5.41, 5.74) is 4.58. The molecule has 3 nitrogen and oxygen atoms in total. The topological polar surface area (TPSA) is 32.7 Å². The van der Waals surface area contributed by atoms with E-state index in [1.165, 1.54) is 24.3 Å². The monoisotopic (exact) mass is 344 g/mol. The molecule has 0 bridgehead atoms. The van der Waals surface area contributed by atoms with Gasteiger partial charge in [0.05, 0.1) is 6.54 Å². The predicted molar refractivity (Wildman–Crippen MR) is 101 cm³/mol. The molecule has 0 aliphatic carbocycles. The number of anilines is 1. The molecule has 0 N–H and O–H groups in total. The molecule has 4 rings (SSSR count). The zero-order valence-corrected chi connectivity index (χ0v) is 14.3. The van der Waals surface area contributed by atoms with Gasteiger partial charge in [0.15, 0.2) is 0 Å². The van der Waals surface area contributed by atoms with Gasteiger partial charge in [0.1, 0.15) is 11.7 Å². The van der Waals surface area contributed by atoms with E-state index in [0.717, 1.165) is 22.4 Å². The molecule has 0 unspecified atom stereocenters. The van der Waals surface area contributed by atoms with Crippen LogP contribution in [0.25, 0.3) is 0 Å². The van der Waals surface area contributed by atoms with Crippen molar-refractivity contribution in [3.63, 3.8) is 0 Å². The van der Waals surface area contributed by atoms with E-state index in [1.54, 1.807) is 0 Å². The first-order valence-corrected chi connectivity index (χ1v) is 8.43. The summed E-state index contributed by atoms with van der Waals surface area (Å²) in [6, 6.07) is 21.5. The molecule has 0 atom stereocenters. The fraction of sp³-hybridized carbons (Fsp3) is 0.0909. The molecule has 4 heteroatoms. The lowest BCUT2D eigenvalue weighted by Crippen LogP contribution is -2.25. The number of amidine groups is 1. The molecular weight excluding hydrogens is 327 g/mol. The molecule has 26 heavy (non-hydrogen) atoms. The third-order valence-corrected chi connectivity index (χ3v) is 4.45. The number of hydrogen-bond acceptors (Lipinski definition) is 1. The van der Waals surface area contributed by atoms with E-state index in [0.29, 0.717) is 17.9 Å². The normalized spacial score (nSPS) is 14.5. The molecule has 0 aromatic heterocycles. The molecule has 128 valence electrons. The van der Waals surface area contributed by atoms with Gasteiger partial charge in [-0.2, -0.15) is 4.99 Å². The van der Waals surface area contributed by atoms with Gasteiger partial charge in [-0.1, -0.05) is 36.4 Å². The fourth-order valence-corrected chi connectivity index (χ4v) is 3.15. The Labute approximate surface area is 151 Å². The Hall–Kier alpha value is -3.27. The molecule has 1 heterocycles. The number of hydrogen-bond donors (Lipinski definition) is 0. The maximum atomic E-state index is 13.1. The van der Waals surface area contributed by atoms with Crippen molar-refractivity contribution in [2.24, 2.45) is 4.99 Å². The molecule has 1 amide bonds. The molecular formula is C22H17FN2O. The molecule has 3 aromatic rings. The predicted octanol–water partition coefficient (Wildman–Crippen LogP) is 4.74. The Morgan fingerprint density at radius 2 is 1.77 bits per heavy atom. The van der Waals surface area contributed by atoms with E-state index in [9.17, 15) is 9.18 Å². The minimum Gasteiger partial charge on any atom is -0.321 e. The highest BCUT2D eigenvalue weighted by Crippen LogP contribution is 2.29. The summed E-state index contributed by atoms with van der Waals surface area (Å²) in [6.07, 6.45) is 0. The van der Waals surface area contributed by atoms with E-state index in [1.807, 2.05) is 54.3 Å². The van der Waals surface area contributed by atoms with Gasteiger partial charge in [0, 0.05) is 16.8 Å². The van der Waals surface area contributed by atoms with Crippen molar-refractivity contribution in [3.8, 4) is 0 Å². The van der Waals surface area contributed by atoms with Gasteiger partial charge in [0.2, 0.25) is 0 Å². The summed E-state index contributed by atoms with van der Waals surface area (Å²) < 4.78 is 13.1. The summed E-state index contributed by atoms with van der Waals surface area (Å²) in [4.78, 5) is 19.1. The van der Waals surface area contributed by atoms with Crippen LogP contribution >= 0.6 is 0 Å². The number of aryl methyl sites for hydroxylation is 1. The molecule has 1 aliphatic heterocycles. The number of fused-ring (bicyclic) bond motifs is 1. The van der Waals surface area contributed by atoms with E-state index in [-0.39, 0.29) is 11.7 Å². The zero-order valence-electron chi connectivity index (χ0n) is 14.3. The molecule has 1 aliphatic rings. The van der Waals surface area contributed by atoms with Crippen LogP contribution < -0.4 is 4.90 Å². The van der Waals surface area contributed by atoms with Crippen LogP contribution in [0.5, 0.6) is 0 Å². The van der Waals surface area contributed by atoms with Crippen molar-refractivity contribution < 1.29 is 9.18 Å². The van der Waals surface area contributed by atoms with Crippen LogP contribution in [0.1, 0.15) is 27.0 Å². The number of rotatable bonds is 2. The fourth-order valence-electron chi connectivity index (χ4n) is 3.15. The summed E-state index contributed by atoms with van der Waals surface area (Å²) in [7, 11) is 0. The van der Waals surface area contributed by atoms with Gasteiger partial charge >= 0.3 is 0 Å². The average molecular weight is 344 g/mol. The van der Waals surface area contributed by atoms with Crippen LogP contribution in [-0.2, 0) is 6.54 Å². The average Bonchev–Trinajstić information content (AvgIpc) is 3.01. The van der Waals surface area contributed by atoms with E-state index >= 15 is 0 Å². The Bertz CT molecular complexity index is 1010. The zero-order chi connectivity index (χ0) is 18.1. The third kappa shape index (κ3) is 3.02. The van der Waals surface area contributed by atoms with E-state index < -0.39 is 0 Å². The largest absolute Gasteiger partial charge is 0.321 e. The minimum absolute atomic E-state index is 0.368. The lowest BCUT2D eigenvalue weighted by atomic mass is 10.1. The molecule has 0 fully saturated rings. The SMILES string of the molecule is Cc1cccc(N2Cc3ccccc3C2=NC(=O)c2ccc(F)cc2)c1. The van der Waals surface area contributed by atoms with Gasteiger partial charge in [-0.15, -0.1) is 0 Å². The highest BCUT2D eigenvalue weighted by molar-refractivity contribution is 6.18. The van der Waals surface area contributed by atoms with Gasteiger partial charge in [-0.3, -0.25) is 4.79 Å².